The molecule has 124 valence electrons. The smallest absolute Gasteiger partial charge is 0.181 e. The first kappa shape index (κ1) is 16.3. The Hall–Kier alpha value is -1.59. The lowest BCUT2D eigenvalue weighted by atomic mass is 10.1. The molecule has 1 atom stereocenters. The molecule has 0 unspecified atom stereocenters. The molecule has 1 N–H and O–H groups in total. The summed E-state index contributed by atoms with van der Waals surface area (Å²) >= 11 is 0. The average molecular weight is 333 g/mol. The minimum Gasteiger partial charge on any atom is -0.468 e. The fourth-order valence-corrected chi connectivity index (χ4v) is 4.98. The van der Waals surface area contributed by atoms with Crippen molar-refractivity contribution < 1.29 is 12.8 Å². The van der Waals surface area contributed by atoms with E-state index in [0.29, 0.717) is 11.4 Å². The molecular formula is C18H23NO3S. The van der Waals surface area contributed by atoms with Gasteiger partial charge in [-0.05, 0) is 49.6 Å². The number of rotatable bonds is 6. The molecule has 23 heavy (non-hydrogen) atoms. The summed E-state index contributed by atoms with van der Waals surface area (Å²) in [5.74, 6) is 0.886. The maximum atomic E-state index is 12.6. The van der Waals surface area contributed by atoms with Gasteiger partial charge in [0.15, 0.2) is 9.84 Å². The van der Waals surface area contributed by atoms with E-state index in [1.807, 2.05) is 24.3 Å². The van der Waals surface area contributed by atoms with E-state index in [1.54, 1.807) is 18.4 Å². The van der Waals surface area contributed by atoms with Gasteiger partial charge < -0.3 is 9.73 Å². The maximum absolute atomic E-state index is 12.6. The quantitative estimate of drug-likeness (QED) is 0.872. The molecule has 0 saturated heterocycles. The molecule has 1 aromatic heterocycles. The molecule has 0 bridgehead atoms. The van der Waals surface area contributed by atoms with Crippen molar-refractivity contribution in [3.63, 3.8) is 0 Å². The molecule has 0 aliphatic heterocycles. The van der Waals surface area contributed by atoms with Gasteiger partial charge >= 0.3 is 0 Å². The molecule has 1 heterocycles. The SMILES string of the molecule is C[C@H](NCc1ccco1)c1ccc(S(=O)(=O)C2CCCC2)cc1. The van der Waals surface area contributed by atoms with Crippen LogP contribution in [0, 0.1) is 0 Å². The first-order chi connectivity index (χ1) is 11.1. The van der Waals surface area contributed by atoms with Crippen LogP contribution in [0.1, 0.15) is 50.0 Å². The van der Waals surface area contributed by atoms with Crippen molar-refractivity contribution in [2.24, 2.45) is 0 Å². The van der Waals surface area contributed by atoms with Crippen LogP contribution in [0.15, 0.2) is 52.0 Å². The first-order valence-corrected chi connectivity index (χ1v) is 9.71. The second-order valence-corrected chi connectivity index (χ2v) is 8.43. The molecule has 2 aromatic rings. The Kier molecular flexibility index (Phi) is 4.87. The molecule has 1 fully saturated rings. The molecule has 0 radical (unpaired) electrons. The highest BCUT2D eigenvalue weighted by Gasteiger charge is 2.30. The third kappa shape index (κ3) is 3.67. The van der Waals surface area contributed by atoms with Crippen LogP contribution in [0.2, 0.25) is 0 Å². The van der Waals surface area contributed by atoms with E-state index in [4.69, 9.17) is 4.42 Å². The zero-order chi connectivity index (χ0) is 16.3. The van der Waals surface area contributed by atoms with Gasteiger partial charge in [-0.25, -0.2) is 8.42 Å². The summed E-state index contributed by atoms with van der Waals surface area (Å²) in [6.45, 7) is 2.71. The molecule has 5 heteroatoms. The summed E-state index contributed by atoms with van der Waals surface area (Å²) in [6.07, 6.45) is 5.30. The van der Waals surface area contributed by atoms with Gasteiger partial charge in [0.25, 0.3) is 0 Å². The van der Waals surface area contributed by atoms with Crippen LogP contribution in [0.25, 0.3) is 0 Å². The summed E-state index contributed by atoms with van der Waals surface area (Å²) in [5.41, 5.74) is 1.07. The van der Waals surface area contributed by atoms with E-state index in [-0.39, 0.29) is 11.3 Å². The monoisotopic (exact) mass is 333 g/mol. The summed E-state index contributed by atoms with van der Waals surface area (Å²) in [7, 11) is -3.16. The summed E-state index contributed by atoms with van der Waals surface area (Å²) in [6, 6.07) is 11.2. The van der Waals surface area contributed by atoms with Crippen molar-refractivity contribution in [1.29, 1.82) is 0 Å². The third-order valence-corrected chi connectivity index (χ3v) is 6.89. The number of sulfone groups is 1. The number of furan rings is 1. The Bertz CT molecular complexity index is 714. The van der Waals surface area contributed by atoms with Gasteiger partial charge in [0, 0.05) is 6.04 Å². The van der Waals surface area contributed by atoms with Gasteiger partial charge in [0.05, 0.1) is 23.0 Å². The lowest BCUT2D eigenvalue weighted by Gasteiger charge is -2.15. The Labute approximate surface area is 137 Å². The molecule has 1 aliphatic carbocycles. The average Bonchev–Trinajstić information content (AvgIpc) is 3.26. The van der Waals surface area contributed by atoms with Crippen LogP contribution >= 0.6 is 0 Å². The van der Waals surface area contributed by atoms with E-state index in [9.17, 15) is 8.42 Å². The number of hydrogen-bond acceptors (Lipinski definition) is 4. The lowest BCUT2D eigenvalue weighted by molar-refractivity contribution is 0.460. The van der Waals surface area contributed by atoms with Crippen molar-refractivity contribution >= 4 is 9.84 Å². The van der Waals surface area contributed by atoms with Crippen LogP contribution in [0.4, 0.5) is 0 Å². The minimum absolute atomic E-state index is 0.128. The van der Waals surface area contributed by atoms with Crippen molar-refractivity contribution in [1.82, 2.24) is 5.32 Å². The zero-order valence-electron chi connectivity index (χ0n) is 13.4. The van der Waals surface area contributed by atoms with E-state index < -0.39 is 9.84 Å². The van der Waals surface area contributed by atoms with Crippen molar-refractivity contribution in [3.05, 3.63) is 54.0 Å². The van der Waals surface area contributed by atoms with Crippen molar-refractivity contribution in [2.75, 3.05) is 0 Å². The molecule has 3 rings (SSSR count). The number of hydrogen-bond donors (Lipinski definition) is 1. The third-order valence-electron chi connectivity index (χ3n) is 4.61. The zero-order valence-corrected chi connectivity index (χ0v) is 14.2. The standard InChI is InChI=1S/C18H23NO3S/c1-14(19-13-16-5-4-12-22-16)15-8-10-18(11-9-15)23(20,21)17-6-2-3-7-17/h4-5,8-12,14,17,19H,2-3,6-7,13H2,1H3/t14-/m0/s1. The predicted molar refractivity (Wildman–Crippen MR) is 89.8 cm³/mol. The highest BCUT2D eigenvalue weighted by Crippen LogP contribution is 2.30. The Morgan fingerprint density at radius 3 is 2.48 bits per heavy atom. The molecule has 4 nitrogen and oxygen atoms in total. The van der Waals surface area contributed by atoms with Crippen molar-refractivity contribution in [3.8, 4) is 0 Å². The number of nitrogens with one attached hydrogen (secondary N) is 1. The van der Waals surface area contributed by atoms with E-state index in [2.05, 4.69) is 12.2 Å². The summed E-state index contributed by atoms with van der Waals surface area (Å²) in [5, 5.41) is 3.18. The topological polar surface area (TPSA) is 59.3 Å². The van der Waals surface area contributed by atoms with Crippen LogP contribution in [0.5, 0.6) is 0 Å². The van der Waals surface area contributed by atoms with Crippen LogP contribution in [-0.4, -0.2) is 13.7 Å². The largest absolute Gasteiger partial charge is 0.468 e. The fraction of sp³-hybridized carbons (Fsp3) is 0.444. The van der Waals surface area contributed by atoms with Gasteiger partial charge in [-0.15, -0.1) is 0 Å². The highest BCUT2D eigenvalue weighted by molar-refractivity contribution is 7.92. The Morgan fingerprint density at radius 2 is 1.87 bits per heavy atom. The molecule has 1 saturated carbocycles. The van der Waals surface area contributed by atoms with Crippen LogP contribution in [-0.2, 0) is 16.4 Å². The van der Waals surface area contributed by atoms with Gasteiger partial charge in [-0.1, -0.05) is 25.0 Å². The van der Waals surface area contributed by atoms with Gasteiger partial charge in [0.2, 0.25) is 0 Å². The molecule has 1 aromatic carbocycles. The van der Waals surface area contributed by atoms with E-state index in [1.165, 1.54) is 0 Å². The van der Waals surface area contributed by atoms with Gasteiger partial charge in [-0.3, -0.25) is 0 Å². The lowest BCUT2D eigenvalue weighted by Crippen LogP contribution is -2.19. The highest BCUT2D eigenvalue weighted by atomic mass is 32.2. The summed E-state index contributed by atoms with van der Waals surface area (Å²) in [4.78, 5) is 0.450. The maximum Gasteiger partial charge on any atom is 0.181 e. The van der Waals surface area contributed by atoms with Crippen LogP contribution in [0.3, 0.4) is 0 Å². The van der Waals surface area contributed by atoms with Crippen molar-refractivity contribution in [2.45, 2.75) is 55.3 Å². The second-order valence-electron chi connectivity index (χ2n) is 6.20. The normalized spacial score (nSPS) is 17.4. The minimum atomic E-state index is -3.16. The Balaban J connectivity index is 1.66. The molecular weight excluding hydrogens is 310 g/mol. The van der Waals surface area contributed by atoms with Gasteiger partial charge in [-0.2, -0.15) is 0 Å². The van der Waals surface area contributed by atoms with E-state index >= 15 is 0 Å². The fourth-order valence-electron chi connectivity index (χ4n) is 3.12. The van der Waals surface area contributed by atoms with Crippen LogP contribution < -0.4 is 5.32 Å². The predicted octanol–water partition coefficient (Wildman–Crippen LogP) is 3.85. The molecule has 0 spiro atoms. The first-order valence-electron chi connectivity index (χ1n) is 8.17. The second kappa shape index (κ2) is 6.89. The number of benzene rings is 1. The summed E-state index contributed by atoms with van der Waals surface area (Å²) < 4.78 is 30.4. The molecule has 0 amide bonds. The van der Waals surface area contributed by atoms with E-state index in [0.717, 1.165) is 37.0 Å². The Morgan fingerprint density at radius 1 is 1.17 bits per heavy atom. The molecule has 1 aliphatic rings. The van der Waals surface area contributed by atoms with Gasteiger partial charge in [0.1, 0.15) is 5.76 Å².